The fourth-order valence-electron chi connectivity index (χ4n) is 9.05. The highest BCUT2D eigenvalue weighted by Gasteiger charge is 2.53. The van der Waals surface area contributed by atoms with Crippen molar-refractivity contribution in [1.29, 1.82) is 5.26 Å². The third-order valence-electron chi connectivity index (χ3n) is 13.0. The van der Waals surface area contributed by atoms with E-state index in [2.05, 4.69) is 20.3 Å². The fraction of sp³-hybridized carbons (Fsp3) is 0.451. The van der Waals surface area contributed by atoms with Crippen LogP contribution in [0.25, 0.3) is 21.9 Å². The van der Waals surface area contributed by atoms with Gasteiger partial charge in [0.05, 0.1) is 68.3 Å². The number of unbranched alkanes of at least 4 members (excludes halogenated alkanes) is 1. The van der Waals surface area contributed by atoms with Crippen LogP contribution in [-0.2, 0) is 37.9 Å². The summed E-state index contributed by atoms with van der Waals surface area (Å²) < 4.78 is 133. The first-order chi connectivity index (χ1) is 35.1. The van der Waals surface area contributed by atoms with Crippen LogP contribution in [0.5, 0.6) is 5.75 Å². The number of hydrogen-bond donors (Lipinski definition) is 2. The van der Waals surface area contributed by atoms with E-state index in [4.69, 9.17) is 31.4 Å². The highest BCUT2D eigenvalue weighted by molar-refractivity contribution is 7.80. The highest BCUT2D eigenvalue weighted by Crippen LogP contribution is 2.47. The van der Waals surface area contributed by atoms with Crippen LogP contribution >= 0.6 is 23.6 Å². The number of aryl methyl sites for hydroxylation is 2. The van der Waals surface area contributed by atoms with Crippen LogP contribution in [0.3, 0.4) is 0 Å². The number of likely N-dealkylation sites (tertiary alicyclic amines) is 1. The van der Waals surface area contributed by atoms with Crippen molar-refractivity contribution in [3.05, 3.63) is 99.8 Å². The Morgan fingerprint density at radius 1 is 1.03 bits per heavy atom. The Kier molecular flexibility index (Phi) is 16.5. The molecule has 0 saturated carbocycles. The third-order valence-corrected chi connectivity index (χ3v) is 14.4. The van der Waals surface area contributed by atoms with E-state index in [1.54, 1.807) is 32.5 Å². The van der Waals surface area contributed by atoms with Crippen molar-refractivity contribution in [3.8, 4) is 33.7 Å². The minimum absolute atomic E-state index is 0.000613. The smallest absolute Gasteiger partial charge is 0.420 e. The number of amides is 3. The van der Waals surface area contributed by atoms with E-state index in [0.717, 1.165) is 47.1 Å². The number of nitriles is 1. The number of aliphatic hydroxyl groups excluding tert-OH is 1. The second kappa shape index (κ2) is 22.0. The summed E-state index contributed by atoms with van der Waals surface area (Å²) in [6.45, 7) is 9.72. The number of halogens is 8. The monoisotopic (exact) mass is 1090 g/mol. The molecule has 3 aromatic heterocycles. The number of aromatic nitrogens is 3. The first-order valence-electron chi connectivity index (χ1n) is 23.5. The van der Waals surface area contributed by atoms with E-state index >= 15 is 8.78 Å². The van der Waals surface area contributed by atoms with Gasteiger partial charge in [0.15, 0.2) is 11.6 Å². The maximum Gasteiger partial charge on any atom is 0.420 e. The molecule has 2 fully saturated rings. The summed E-state index contributed by atoms with van der Waals surface area (Å²) in [4.78, 5) is 56.0. The first-order valence-corrected chi connectivity index (χ1v) is 24.8. The number of carbonyl (C=O) groups excluding carboxylic acids is 3. The second-order valence-corrected chi connectivity index (χ2v) is 21.1. The number of oxazole rings is 1. The number of hydrogen-bond acceptors (Lipinski definition) is 13. The van der Waals surface area contributed by atoms with Crippen molar-refractivity contribution in [1.82, 2.24) is 25.2 Å². The minimum Gasteiger partial charge on any atom is -0.494 e. The van der Waals surface area contributed by atoms with E-state index in [0.29, 0.717) is 23.5 Å². The van der Waals surface area contributed by atoms with Gasteiger partial charge in [-0.1, -0.05) is 46.8 Å². The molecule has 24 heteroatoms. The largest absolute Gasteiger partial charge is 0.494 e. The van der Waals surface area contributed by atoms with Gasteiger partial charge in [0.25, 0.3) is 0 Å². The van der Waals surface area contributed by atoms with Crippen molar-refractivity contribution < 1.29 is 68.5 Å². The second-order valence-electron chi connectivity index (χ2n) is 19.8. The molecule has 0 bridgehead atoms. The molecule has 1 unspecified atom stereocenters. The summed E-state index contributed by atoms with van der Waals surface area (Å²) in [5.41, 5.74) is -5.54. The van der Waals surface area contributed by atoms with Crippen molar-refractivity contribution in [2.75, 3.05) is 31.3 Å². The van der Waals surface area contributed by atoms with Gasteiger partial charge < -0.3 is 29.2 Å². The molecule has 2 aliphatic rings. The number of thiocarbonyl (C=S) groups is 1. The van der Waals surface area contributed by atoms with E-state index in [9.17, 15) is 45.8 Å². The molecule has 7 rings (SSSR count). The van der Waals surface area contributed by atoms with Gasteiger partial charge in [-0.05, 0) is 80.0 Å². The van der Waals surface area contributed by atoms with Gasteiger partial charge in [-0.15, -0.1) is 11.3 Å². The summed E-state index contributed by atoms with van der Waals surface area (Å²) in [6.07, 6.45) is -7.60. The number of pyridine rings is 1. The quantitative estimate of drug-likeness (QED) is 0.0511. The zero-order valence-corrected chi connectivity index (χ0v) is 42.9. The van der Waals surface area contributed by atoms with Crippen LogP contribution in [0.1, 0.15) is 100 Å². The van der Waals surface area contributed by atoms with Crippen LogP contribution in [0.15, 0.2) is 58.7 Å². The number of nitrogens with one attached hydrogen (secondary N) is 1. The molecule has 2 N–H and O–H groups in total. The van der Waals surface area contributed by atoms with Crippen molar-refractivity contribution >= 4 is 52.0 Å². The van der Waals surface area contributed by atoms with Gasteiger partial charge in [0.1, 0.15) is 41.5 Å². The zero-order valence-electron chi connectivity index (χ0n) is 41.3. The molecule has 4 atom stereocenters. The predicted molar refractivity (Wildman–Crippen MR) is 261 cm³/mol. The Morgan fingerprint density at radius 3 is 2.39 bits per heavy atom. The minimum atomic E-state index is -5.26. The lowest BCUT2D eigenvalue weighted by atomic mass is 9.78. The van der Waals surface area contributed by atoms with Crippen LogP contribution in [0.2, 0.25) is 0 Å². The summed E-state index contributed by atoms with van der Waals surface area (Å²) in [6, 6.07) is 5.13. The highest BCUT2D eigenvalue weighted by atomic mass is 32.1. The molecule has 400 valence electrons. The van der Waals surface area contributed by atoms with Crippen LogP contribution < -0.4 is 15.0 Å². The Morgan fingerprint density at radius 2 is 1.75 bits per heavy atom. The summed E-state index contributed by atoms with van der Waals surface area (Å²) in [7, 11) is 0. The van der Waals surface area contributed by atoms with Gasteiger partial charge in [0, 0.05) is 37.3 Å². The van der Waals surface area contributed by atoms with E-state index in [1.807, 2.05) is 6.92 Å². The van der Waals surface area contributed by atoms with Gasteiger partial charge in [-0.25, -0.2) is 18.7 Å². The number of benzene rings is 2. The molecule has 5 heterocycles. The molecule has 75 heavy (non-hydrogen) atoms. The number of alkyl halides is 6. The Bertz CT molecular complexity index is 3020. The predicted octanol–water partition coefficient (Wildman–Crippen LogP) is 10.3. The molecule has 2 aliphatic heterocycles. The molecule has 0 spiro atoms. The number of anilines is 1. The topological polar surface area (TPSA) is 184 Å². The number of ether oxygens (including phenoxy) is 2. The first kappa shape index (κ1) is 56.3. The van der Waals surface area contributed by atoms with Crippen molar-refractivity contribution in [3.63, 3.8) is 0 Å². The van der Waals surface area contributed by atoms with Crippen molar-refractivity contribution in [2.45, 2.75) is 104 Å². The molecule has 5 aromatic rings. The average Bonchev–Trinajstić information content (AvgIpc) is 4.11. The fourth-order valence-corrected chi connectivity index (χ4v) is 10.4. The SMILES string of the molecule is Cc1ncsc1-c1cnc([C@@H]2C[C@@H](O)CN2C(=O)[C@@H](NC(=O)COCCCCOc2ccc(-c3ncc(CCC4C(=S)N(c5ccc(C#N)c(C(F)(F)F)c5F)C(=O)C4(C)C)cc3F)c(C(F)(F)F)c2)C(C)(C)C)o1. The van der Waals surface area contributed by atoms with Gasteiger partial charge in [0.2, 0.25) is 23.6 Å². The normalized spacial score (nSPS) is 18.4. The molecular weight excluding hydrogens is 1040 g/mol. The summed E-state index contributed by atoms with van der Waals surface area (Å²) in [5.74, 6) is -5.10. The molecule has 0 radical (unpaired) electrons. The van der Waals surface area contributed by atoms with Crippen molar-refractivity contribution in [2.24, 2.45) is 16.7 Å². The number of nitrogens with zero attached hydrogens (tertiary/aromatic N) is 6. The number of thiazole rings is 1. The number of carbonyl (C=O) groups is 3. The van der Waals surface area contributed by atoms with Gasteiger partial charge in [-0.3, -0.25) is 24.3 Å². The van der Waals surface area contributed by atoms with Crippen LogP contribution in [-0.4, -0.2) is 86.2 Å². The zero-order chi connectivity index (χ0) is 54.9. The Labute approximate surface area is 435 Å². The molecule has 2 saturated heterocycles. The van der Waals surface area contributed by atoms with Gasteiger partial charge >= 0.3 is 12.4 Å². The summed E-state index contributed by atoms with van der Waals surface area (Å²) >= 11 is 6.87. The van der Waals surface area contributed by atoms with Crippen LogP contribution in [0.4, 0.5) is 40.8 Å². The lowest BCUT2D eigenvalue weighted by Crippen LogP contribution is -2.55. The average molecular weight is 1090 g/mol. The molecule has 14 nitrogen and oxygen atoms in total. The summed E-state index contributed by atoms with van der Waals surface area (Å²) in [5, 5.41) is 22.5. The van der Waals surface area contributed by atoms with E-state index in [1.165, 1.54) is 42.2 Å². The maximum atomic E-state index is 15.7. The third kappa shape index (κ3) is 12.2. The lowest BCUT2D eigenvalue weighted by molar-refractivity contribution is -0.142. The van der Waals surface area contributed by atoms with E-state index in [-0.39, 0.29) is 61.2 Å². The number of aliphatic hydroxyl groups is 1. The Balaban J connectivity index is 0.907. The Hall–Kier alpha value is -6.42. The van der Waals surface area contributed by atoms with E-state index < -0.39 is 117 Å². The van der Waals surface area contributed by atoms with Crippen LogP contribution in [0, 0.1) is 46.6 Å². The maximum absolute atomic E-state index is 15.7. The molecule has 2 aromatic carbocycles. The lowest BCUT2D eigenvalue weighted by Gasteiger charge is -2.35. The molecular formula is C51H51F8N7O7S2. The van der Waals surface area contributed by atoms with Gasteiger partial charge in [-0.2, -0.15) is 31.6 Å². The standard InChI is InChI=1S/C51H51F8N7O7S2/c1-26-42(75-25-63-26)37-22-62-44(73-37)36-18-29(67)23-65(36)45(69)43(48(2,3)4)64-38(68)24-71-15-7-8-16-72-30-11-12-31(33(19-30)50(54,55)56)41-34(52)17-27(21-61-41)9-13-32-46(74)66(47(70)49(32,5)6)35-14-10-28(20-60)39(40(35)53)51(57,58)59/h10-12,14,17,19,21-22,25,29,32,36,43,67H,7-9,13,15-16,18,23-24H2,1-6H3,(H,64,68)/t29-,32?,36+,43-/m1/s1. The number of rotatable bonds is 17. The molecule has 3 amide bonds. The number of β-amino-alcohol motifs (C(OH)–C–C–N with tert-alkyl or cyclic N) is 1. The molecule has 0 aliphatic carbocycles.